The topological polar surface area (TPSA) is 72.6 Å². The molecule has 1 fully saturated rings. The van der Waals surface area contributed by atoms with Gasteiger partial charge in [0.1, 0.15) is 0 Å². The summed E-state index contributed by atoms with van der Waals surface area (Å²) in [6.07, 6.45) is 0.205. The summed E-state index contributed by atoms with van der Waals surface area (Å²) in [4.78, 5) is 25.0. The van der Waals surface area contributed by atoms with Gasteiger partial charge in [-0.3, -0.25) is 9.59 Å². The Morgan fingerprint density at radius 2 is 2.22 bits per heavy atom. The molecule has 0 saturated carbocycles. The van der Waals surface area contributed by atoms with Gasteiger partial charge in [-0.1, -0.05) is 0 Å². The fourth-order valence-corrected chi connectivity index (χ4v) is 2.25. The first kappa shape index (κ1) is 12.4. The van der Waals surface area contributed by atoms with Crippen LogP contribution >= 0.6 is 0 Å². The Hall–Kier alpha value is -2.04. The first-order valence-corrected chi connectivity index (χ1v) is 5.77. The second-order valence-corrected chi connectivity index (χ2v) is 4.47. The van der Waals surface area contributed by atoms with E-state index >= 15 is 0 Å². The Kier molecular flexibility index (Phi) is 3.23. The van der Waals surface area contributed by atoms with Gasteiger partial charge in [0.25, 0.3) is 0 Å². The first-order chi connectivity index (χ1) is 8.52. The SMILES string of the molecule is COC(=O)C1CC(=O)N(c2ccc(N)cc2C)C1. The number of anilines is 2. The number of nitrogens with zero attached hydrogens (tertiary/aromatic N) is 1. The molecule has 1 heterocycles. The maximum Gasteiger partial charge on any atom is 0.311 e. The minimum absolute atomic E-state index is 0.0572. The maximum absolute atomic E-state index is 11.9. The van der Waals surface area contributed by atoms with Crippen molar-refractivity contribution in [1.82, 2.24) is 0 Å². The van der Waals surface area contributed by atoms with E-state index in [1.165, 1.54) is 7.11 Å². The van der Waals surface area contributed by atoms with Gasteiger partial charge < -0.3 is 15.4 Å². The van der Waals surface area contributed by atoms with Crippen molar-refractivity contribution in [3.8, 4) is 0 Å². The van der Waals surface area contributed by atoms with Crippen LogP contribution in [0, 0.1) is 12.8 Å². The van der Waals surface area contributed by atoms with Crippen molar-refractivity contribution in [1.29, 1.82) is 0 Å². The number of hydrogen-bond donors (Lipinski definition) is 1. The lowest BCUT2D eigenvalue weighted by molar-refractivity contribution is -0.145. The van der Waals surface area contributed by atoms with Crippen LogP contribution in [0.4, 0.5) is 11.4 Å². The highest BCUT2D eigenvalue weighted by atomic mass is 16.5. The average Bonchev–Trinajstić information content (AvgIpc) is 2.70. The van der Waals surface area contributed by atoms with Crippen molar-refractivity contribution in [2.24, 2.45) is 5.92 Å². The zero-order valence-electron chi connectivity index (χ0n) is 10.5. The predicted octanol–water partition coefficient (Wildman–Crippen LogP) is 1.10. The summed E-state index contributed by atoms with van der Waals surface area (Å²) < 4.78 is 4.68. The summed E-state index contributed by atoms with van der Waals surface area (Å²) in [5, 5.41) is 0. The summed E-state index contributed by atoms with van der Waals surface area (Å²) >= 11 is 0. The molecular weight excluding hydrogens is 232 g/mol. The number of benzene rings is 1. The van der Waals surface area contributed by atoms with Gasteiger partial charge in [-0.15, -0.1) is 0 Å². The van der Waals surface area contributed by atoms with Crippen LogP contribution < -0.4 is 10.6 Å². The van der Waals surface area contributed by atoms with Gasteiger partial charge in [0, 0.05) is 24.3 Å². The molecule has 96 valence electrons. The monoisotopic (exact) mass is 248 g/mol. The van der Waals surface area contributed by atoms with Gasteiger partial charge in [0.05, 0.1) is 13.0 Å². The van der Waals surface area contributed by atoms with Gasteiger partial charge in [0.15, 0.2) is 0 Å². The van der Waals surface area contributed by atoms with E-state index in [-0.39, 0.29) is 24.2 Å². The van der Waals surface area contributed by atoms with Crippen LogP contribution in [0.5, 0.6) is 0 Å². The number of aryl methyl sites for hydroxylation is 1. The third-order valence-electron chi connectivity index (χ3n) is 3.17. The van der Waals surface area contributed by atoms with E-state index in [9.17, 15) is 9.59 Å². The summed E-state index contributed by atoms with van der Waals surface area (Å²) in [6.45, 7) is 2.26. The number of ether oxygens (including phenoxy) is 1. The molecule has 1 amide bonds. The zero-order chi connectivity index (χ0) is 13.3. The predicted molar refractivity (Wildman–Crippen MR) is 68.1 cm³/mol. The summed E-state index contributed by atoms with van der Waals surface area (Å²) in [6, 6.07) is 5.37. The zero-order valence-corrected chi connectivity index (χ0v) is 10.5. The third kappa shape index (κ3) is 2.16. The summed E-state index contributed by atoms with van der Waals surface area (Å²) in [5.41, 5.74) is 8.07. The van der Waals surface area contributed by atoms with Gasteiger partial charge >= 0.3 is 5.97 Å². The number of nitrogens with two attached hydrogens (primary N) is 1. The highest BCUT2D eigenvalue weighted by molar-refractivity contribution is 6.00. The Morgan fingerprint density at radius 1 is 1.50 bits per heavy atom. The number of methoxy groups -OCH3 is 1. The molecule has 0 aliphatic carbocycles. The number of amides is 1. The largest absolute Gasteiger partial charge is 0.469 e. The minimum atomic E-state index is -0.376. The lowest BCUT2D eigenvalue weighted by Crippen LogP contribution is -2.26. The standard InChI is InChI=1S/C13H16N2O3/c1-8-5-10(14)3-4-11(8)15-7-9(6-12(15)16)13(17)18-2/h3-5,9H,6-7,14H2,1-2H3. The average molecular weight is 248 g/mol. The molecule has 1 aromatic rings. The molecule has 2 rings (SSSR count). The van der Waals surface area contributed by atoms with Gasteiger partial charge in [-0.05, 0) is 30.7 Å². The summed E-state index contributed by atoms with van der Waals surface area (Å²) in [5.74, 6) is -0.767. The van der Waals surface area contributed by atoms with Gasteiger partial charge in [0.2, 0.25) is 5.91 Å². The smallest absolute Gasteiger partial charge is 0.311 e. The Morgan fingerprint density at radius 3 is 2.83 bits per heavy atom. The highest BCUT2D eigenvalue weighted by Gasteiger charge is 2.36. The lowest BCUT2D eigenvalue weighted by atomic mass is 10.1. The van der Waals surface area contributed by atoms with Crippen LogP contribution in [0.1, 0.15) is 12.0 Å². The molecule has 5 heteroatoms. The number of rotatable bonds is 2. The molecule has 18 heavy (non-hydrogen) atoms. The van der Waals surface area contributed by atoms with E-state index in [4.69, 9.17) is 5.73 Å². The van der Waals surface area contributed by atoms with Crippen molar-refractivity contribution in [2.75, 3.05) is 24.3 Å². The molecule has 2 N–H and O–H groups in total. The molecule has 1 unspecified atom stereocenters. The Labute approximate surface area is 106 Å². The normalized spacial score (nSPS) is 19.1. The molecule has 0 aromatic heterocycles. The Balaban J connectivity index is 2.24. The van der Waals surface area contributed by atoms with Crippen molar-refractivity contribution < 1.29 is 14.3 Å². The minimum Gasteiger partial charge on any atom is -0.469 e. The van der Waals surface area contributed by atoms with Gasteiger partial charge in [-0.2, -0.15) is 0 Å². The molecule has 5 nitrogen and oxygen atoms in total. The van der Waals surface area contributed by atoms with Crippen molar-refractivity contribution >= 4 is 23.3 Å². The van der Waals surface area contributed by atoms with Crippen LogP contribution in [-0.4, -0.2) is 25.5 Å². The molecule has 1 aliphatic rings. The van der Waals surface area contributed by atoms with Crippen LogP contribution in [0.15, 0.2) is 18.2 Å². The van der Waals surface area contributed by atoms with Crippen molar-refractivity contribution in [3.05, 3.63) is 23.8 Å². The van der Waals surface area contributed by atoms with E-state index in [1.54, 1.807) is 11.0 Å². The number of nitrogen functional groups attached to an aromatic ring is 1. The van der Waals surface area contributed by atoms with E-state index < -0.39 is 0 Å². The van der Waals surface area contributed by atoms with E-state index in [2.05, 4.69) is 4.74 Å². The Bertz CT molecular complexity index is 499. The molecule has 0 spiro atoms. The number of carbonyl (C=O) groups is 2. The number of esters is 1. The van der Waals surface area contributed by atoms with Crippen molar-refractivity contribution in [2.45, 2.75) is 13.3 Å². The van der Waals surface area contributed by atoms with Crippen LogP contribution in [0.25, 0.3) is 0 Å². The quantitative estimate of drug-likeness (QED) is 0.628. The van der Waals surface area contributed by atoms with E-state index in [0.29, 0.717) is 12.2 Å². The molecule has 0 bridgehead atoms. The third-order valence-corrected chi connectivity index (χ3v) is 3.17. The molecule has 1 aliphatic heterocycles. The molecular formula is C13H16N2O3. The fraction of sp³-hybridized carbons (Fsp3) is 0.385. The summed E-state index contributed by atoms with van der Waals surface area (Å²) in [7, 11) is 1.34. The van der Waals surface area contributed by atoms with Gasteiger partial charge in [-0.25, -0.2) is 0 Å². The van der Waals surface area contributed by atoms with Crippen LogP contribution in [0.2, 0.25) is 0 Å². The number of hydrogen-bond acceptors (Lipinski definition) is 4. The van der Waals surface area contributed by atoms with Crippen LogP contribution in [-0.2, 0) is 14.3 Å². The van der Waals surface area contributed by atoms with E-state index in [0.717, 1.165) is 11.3 Å². The second-order valence-electron chi connectivity index (χ2n) is 4.47. The first-order valence-electron chi connectivity index (χ1n) is 5.77. The molecule has 0 radical (unpaired) electrons. The maximum atomic E-state index is 11.9. The lowest BCUT2D eigenvalue weighted by Gasteiger charge is -2.19. The second kappa shape index (κ2) is 4.68. The van der Waals surface area contributed by atoms with E-state index in [1.807, 2.05) is 19.1 Å². The number of carbonyl (C=O) groups excluding carboxylic acids is 2. The van der Waals surface area contributed by atoms with Crippen LogP contribution in [0.3, 0.4) is 0 Å². The molecule has 1 saturated heterocycles. The molecule has 1 aromatic carbocycles. The van der Waals surface area contributed by atoms with Crippen molar-refractivity contribution in [3.63, 3.8) is 0 Å². The highest BCUT2D eigenvalue weighted by Crippen LogP contribution is 2.29. The molecule has 1 atom stereocenters. The fourth-order valence-electron chi connectivity index (χ4n) is 2.25.